The van der Waals surface area contributed by atoms with Gasteiger partial charge in [0.1, 0.15) is 5.71 Å². The molecule has 3 N–H and O–H groups in total. The summed E-state index contributed by atoms with van der Waals surface area (Å²) in [7, 11) is 1.61. The number of nitrogens with one attached hydrogen (secondary N) is 1. The zero-order valence-electron chi connectivity index (χ0n) is 12.6. The summed E-state index contributed by atoms with van der Waals surface area (Å²) < 4.78 is 0. The molecule has 0 heterocycles. The van der Waals surface area contributed by atoms with E-state index in [0.717, 1.165) is 0 Å². The van der Waals surface area contributed by atoms with Crippen molar-refractivity contribution in [2.75, 3.05) is 7.05 Å². The number of non-ortho nitro benzene ring substituents is 1. The maximum Gasteiger partial charge on any atom is 2.00 e. The Morgan fingerprint density at radius 3 is 2.21 bits per heavy atom. The summed E-state index contributed by atoms with van der Waals surface area (Å²) in [6.07, 6.45) is 0. The summed E-state index contributed by atoms with van der Waals surface area (Å²) >= 11 is 9.52. The van der Waals surface area contributed by atoms with E-state index in [4.69, 9.17) is 18.4 Å². The summed E-state index contributed by atoms with van der Waals surface area (Å²) in [6, 6.07) is 5.74. The van der Waals surface area contributed by atoms with Crippen LogP contribution in [0.4, 0.5) is 5.69 Å². The van der Waals surface area contributed by atoms with E-state index >= 15 is 0 Å². The Morgan fingerprint density at radius 2 is 1.75 bits per heavy atom. The van der Waals surface area contributed by atoms with E-state index in [0.29, 0.717) is 17.0 Å². The molecule has 24 heavy (non-hydrogen) atoms. The quantitative estimate of drug-likeness (QED) is 0.182. The second-order valence-electron chi connectivity index (χ2n) is 4.03. The fourth-order valence-electron chi connectivity index (χ4n) is 1.40. The van der Waals surface area contributed by atoms with E-state index in [-0.39, 0.29) is 33.1 Å². The molecule has 0 spiro atoms. The summed E-state index contributed by atoms with van der Waals surface area (Å²) in [5.41, 5.74) is 6.48. The fourth-order valence-corrected chi connectivity index (χ4v) is 1.48. The van der Waals surface area contributed by atoms with Gasteiger partial charge >= 0.3 is 17.1 Å². The Hall–Kier alpha value is -2.14. The van der Waals surface area contributed by atoms with Gasteiger partial charge in [-0.15, -0.1) is 5.10 Å². The number of hydrogen-bond donors (Lipinski definition) is 2. The Bertz CT molecular complexity index is 698. The Morgan fingerprint density at radius 1 is 1.17 bits per heavy atom. The van der Waals surface area contributed by atoms with Gasteiger partial charge in [0.2, 0.25) is 0 Å². The zero-order valence-corrected chi connectivity index (χ0v) is 15.1. The molecule has 1 aromatic rings. The molecule has 0 atom stereocenters. The molecule has 0 bridgehead atoms. The molecule has 0 fully saturated rings. The smallest absolute Gasteiger partial charge is 0.741 e. The first-order valence-electron chi connectivity index (χ1n) is 6.15. The molecular weight excluding hydrogens is 402 g/mol. The van der Waals surface area contributed by atoms with Crippen LogP contribution in [0.15, 0.2) is 44.7 Å². The van der Waals surface area contributed by atoms with E-state index in [9.17, 15) is 10.1 Å². The number of rotatable bonds is 5. The van der Waals surface area contributed by atoms with Crippen molar-refractivity contribution in [3.05, 3.63) is 39.9 Å². The van der Waals surface area contributed by atoms with Gasteiger partial charge in [-0.2, -0.15) is 15.3 Å². The molecule has 0 unspecified atom stereocenters. The van der Waals surface area contributed by atoms with Crippen LogP contribution in [0.3, 0.4) is 0 Å². The third kappa shape index (κ3) is 6.96. The van der Waals surface area contributed by atoms with Crippen molar-refractivity contribution < 1.29 is 22.0 Å². The van der Waals surface area contributed by atoms with E-state index in [2.05, 4.69) is 38.4 Å². The van der Waals surface area contributed by atoms with Crippen molar-refractivity contribution in [1.29, 1.82) is 0 Å². The first-order valence-corrected chi connectivity index (χ1v) is 6.97. The van der Waals surface area contributed by atoms with Crippen LogP contribution in [0.25, 0.3) is 0 Å². The first kappa shape index (κ1) is 21.9. The average molecular weight is 415 g/mol. The van der Waals surface area contributed by atoms with Crippen molar-refractivity contribution in [3.63, 3.8) is 0 Å². The molecular formula is C12H13CuN7O2S2. The van der Waals surface area contributed by atoms with Crippen LogP contribution in [-0.4, -0.2) is 33.7 Å². The molecule has 0 saturated carbocycles. The van der Waals surface area contributed by atoms with Crippen molar-refractivity contribution in [1.82, 2.24) is 5.32 Å². The van der Waals surface area contributed by atoms with Gasteiger partial charge in [-0.3, -0.25) is 10.1 Å². The van der Waals surface area contributed by atoms with E-state index in [1.807, 2.05) is 0 Å². The third-order valence-electron chi connectivity index (χ3n) is 2.45. The maximum atomic E-state index is 10.7. The number of nitro groups is 1. The number of hydrogen-bond acceptors (Lipinski definition) is 8. The average Bonchev–Trinajstić information content (AvgIpc) is 2.53. The summed E-state index contributed by atoms with van der Waals surface area (Å²) in [6.45, 7) is 1.62. The second-order valence-corrected chi connectivity index (χ2v) is 4.84. The molecule has 131 valence electrons. The normalized spacial score (nSPS) is 13.2. The predicted octanol–water partition coefficient (Wildman–Crippen LogP) is 0.656. The van der Waals surface area contributed by atoms with Crippen LogP contribution in [0, 0.1) is 10.1 Å². The van der Waals surface area contributed by atoms with Gasteiger partial charge in [0.25, 0.3) is 5.69 Å². The monoisotopic (exact) mass is 414 g/mol. The molecule has 1 aromatic carbocycles. The summed E-state index contributed by atoms with van der Waals surface area (Å²) in [5.74, 6) is 0. The van der Waals surface area contributed by atoms with Gasteiger partial charge < -0.3 is 36.3 Å². The molecule has 0 saturated heterocycles. The number of nitro benzene ring substituents is 1. The Kier molecular flexibility index (Phi) is 9.65. The molecule has 1 radical (unpaired) electrons. The topological polar surface area (TPSA) is 131 Å². The second kappa shape index (κ2) is 10.6. The molecule has 0 amide bonds. The third-order valence-corrected chi connectivity index (χ3v) is 2.81. The van der Waals surface area contributed by atoms with Gasteiger partial charge in [0, 0.05) is 24.7 Å². The Labute approximate surface area is 160 Å². The van der Waals surface area contributed by atoms with Gasteiger partial charge in [-0.1, -0.05) is 0 Å². The largest absolute Gasteiger partial charge is 2.00 e. The van der Waals surface area contributed by atoms with Crippen LogP contribution >= 0.6 is 0 Å². The van der Waals surface area contributed by atoms with Gasteiger partial charge in [0.05, 0.1) is 10.6 Å². The SMILES string of the molecule is CN/C([S-])=N/N=C(/C(C)=N/N=C(/N)[S-])c1ccc([N+](=O)[O-])cc1.[Cu+2]. The molecule has 9 nitrogen and oxygen atoms in total. The van der Waals surface area contributed by atoms with Crippen LogP contribution in [0.1, 0.15) is 12.5 Å². The molecule has 12 heteroatoms. The maximum absolute atomic E-state index is 10.7. The van der Waals surface area contributed by atoms with Crippen LogP contribution in [0.2, 0.25) is 0 Å². The zero-order chi connectivity index (χ0) is 17.4. The van der Waals surface area contributed by atoms with Gasteiger partial charge in [-0.25, -0.2) is 0 Å². The standard InChI is InChI=1S/C12H15N7O2S2.Cu/c1-7(15-17-11(13)22)10(16-18-12(23)14-2)8-3-5-9(6-4-8)19(20)21;/h3-6H,1-2H3,(H3,13,17,22)(H2,14,18,23);/q;+2/p-2/b15-7+,16-10-;. The minimum atomic E-state index is -0.496. The van der Waals surface area contributed by atoms with Crippen LogP contribution in [0.5, 0.6) is 0 Å². The van der Waals surface area contributed by atoms with E-state index in [1.54, 1.807) is 14.0 Å². The van der Waals surface area contributed by atoms with Crippen LogP contribution in [-0.2, 0) is 42.3 Å². The van der Waals surface area contributed by atoms with Gasteiger partial charge in [0.15, 0.2) is 0 Å². The molecule has 0 aliphatic heterocycles. The number of nitrogens with zero attached hydrogens (tertiary/aromatic N) is 5. The number of benzene rings is 1. The fraction of sp³-hybridized carbons (Fsp3) is 0.167. The molecule has 0 aliphatic rings. The first-order chi connectivity index (χ1) is 10.8. The predicted molar refractivity (Wildman–Crippen MR) is 95.6 cm³/mol. The summed E-state index contributed by atoms with van der Waals surface area (Å²) in [5, 5.41) is 28.7. The van der Waals surface area contributed by atoms with E-state index in [1.165, 1.54) is 24.3 Å². The van der Waals surface area contributed by atoms with E-state index < -0.39 is 4.92 Å². The van der Waals surface area contributed by atoms with Gasteiger partial charge in [-0.05, 0) is 29.4 Å². The summed E-state index contributed by atoms with van der Waals surface area (Å²) in [4.78, 5) is 10.2. The molecule has 0 aliphatic carbocycles. The molecule has 0 aromatic heterocycles. The minimum absolute atomic E-state index is 0. The number of nitrogens with two attached hydrogens (primary N) is 1. The van der Waals surface area contributed by atoms with Crippen molar-refractivity contribution in [2.45, 2.75) is 6.92 Å². The van der Waals surface area contributed by atoms with Crippen molar-refractivity contribution in [2.24, 2.45) is 26.1 Å². The number of amidine groups is 2. The minimum Gasteiger partial charge on any atom is -0.741 e. The van der Waals surface area contributed by atoms with Crippen LogP contribution < -0.4 is 11.1 Å². The Balaban J connectivity index is 0.00000529. The molecule has 1 rings (SSSR count). The van der Waals surface area contributed by atoms with Crippen molar-refractivity contribution in [3.8, 4) is 0 Å². The van der Waals surface area contributed by atoms with Crippen molar-refractivity contribution >= 4 is 52.7 Å².